The van der Waals surface area contributed by atoms with Gasteiger partial charge >= 0.3 is 0 Å². The minimum absolute atomic E-state index is 0. The van der Waals surface area contributed by atoms with Gasteiger partial charge in [0.2, 0.25) is 5.91 Å². The molecule has 2 amide bonds. The molecule has 1 fully saturated rings. The van der Waals surface area contributed by atoms with E-state index in [2.05, 4.69) is 15.5 Å². The van der Waals surface area contributed by atoms with Crippen LogP contribution in [0.25, 0.3) is 0 Å². The first kappa shape index (κ1) is 21.4. The fourth-order valence-corrected chi connectivity index (χ4v) is 2.85. The average Bonchev–Trinajstić information content (AvgIpc) is 2.85. The predicted octanol–water partition coefficient (Wildman–Crippen LogP) is 1.82. The van der Waals surface area contributed by atoms with Gasteiger partial charge in [0.1, 0.15) is 0 Å². The maximum atomic E-state index is 12.3. The average molecular weight is 369 g/mol. The van der Waals surface area contributed by atoms with Gasteiger partial charge in [0, 0.05) is 37.4 Å². The molecule has 0 aromatic heterocycles. The number of rotatable bonds is 6. The monoisotopic (exact) mass is 368 g/mol. The second-order valence-corrected chi connectivity index (χ2v) is 5.98. The van der Waals surface area contributed by atoms with Crippen molar-refractivity contribution in [3.63, 3.8) is 0 Å². The van der Waals surface area contributed by atoms with Crippen molar-refractivity contribution in [1.82, 2.24) is 15.1 Å². The lowest BCUT2D eigenvalue weighted by atomic mass is 10.1. The number of benzene rings is 1. The smallest absolute Gasteiger partial charge is 0.253 e. The molecule has 2 N–H and O–H groups in total. The Balaban J connectivity index is 0.00000312. The molecule has 1 heterocycles. The van der Waals surface area contributed by atoms with Crippen molar-refractivity contribution in [2.45, 2.75) is 20.3 Å². The first-order valence-corrected chi connectivity index (χ1v) is 8.76. The van der Waals surface area contributed by atoms with Crippen LogP contribution in [0.2, 0.25) is 0 Å². The summed E-state index contributed by atoms with van der Waals surface area (Å²) in [5.74, 6) is 0.00895. The van der Waals surface area contributed by atoms with E-state index in [-0.39, 0.29) is 24.2 Å². The zero-order chi connectivity index (χ0) is 17.4. The molecule has 0 aliphatic carbocycles. The van der Waals surface area contributed by atoms with Gasteiger partial charge in [-0.15, -0.1) is 12.4 Å². The second kappa shape index (κ2) is 11.1. The van der Waals surface area contributed by atoms with Crippen LogP contribution in [-0.2, 0) is 4.79 Å². The summed E-state index contributed by atoms with van der Waals surface area (Å²) in [7, 11) is 0. The molecule has 1 aliphatic rings. The van der Waals surface area contributed by atoms with Gasteiger partial charge in [0.25, 0.3) is 5.91 Å². The lowest BCUT2D eigenvalue weighted by Crippen LogP contribution is -2.35. The van der Waals surface area contributed by atoms with Crippen LogP contribution in [-0.4, -0.2) is 67.4 Å². The molecule has 0 atom stereocenters. The van der Waals surface area contributed by atoms with E-state index in [1.54, 1.807) is 29.2 Å². The van der Waals surface area contributed by atoms with Crippen molar-refractivity contribution in [3.8, 4) is 0 Å². The van der Waals surface area contributed by atoms with Crippen LogP contribution in [0.1, 0.15) is 30.6 Å². The molecule has 1 aromatic carbocycles. The molecule has 6 nitrogen and oxygen atoms in total. The highest BCUT2D eigenvalue weighted by molar-refractivity contribution is 5.96. The van der Waals surface area contributed by atoms with Crippen LogP contribution in [0.15, 0.2) is 24.3 Å². The number of nitrogens with one attached hydrogen (secondary N) is 2. The topological polar surface area (TPSA) is 64.7 Å². The molecule has 0 saturated carbocycles. The molecule has 140 valence electrons. The van der Waals surface area contributed by atoms with Crippen molar-refractivity contribution in [2.75, 3.05) is 51.1 Å². The number of carbonyl (C=O) groups excluding carboxylic acids is 2. The van der Waals surface area contributed by atoms with Crippen molar-refractivity contribution in [3.05, 3.63) is 29.8 Å². The molecule has 7 heteroatoms. The third-order valence-electron chi connectivity index (χ3n) is 4.27. The molecule has 0 bridgehead atoms. The summed E-state index contributed by atoms with van der Waals surface area (Å²) in [4.78, 5) is 28.4. The van der Waals surface area contributed by atoms with Crippen LogP contribution >= 0.6 is 12.4 Å². The number of nitrogens with zero attached hydrogens (tertiary/aromatic N) is 2. The van der Waals surface area contributed by atoms with Gasteiger partial charge in [0.15, 0.2) is 0 Å². The van der Waals surface area contributed by atoms with E-state index in [4.69, 9.17) is 0 Å². The predicted molar refractivity (Wildman–Crippen MR) is 103 cm³/mol. The lowest BCUT2D eigenvalue weighted by Gasteiger charge is -2.19. The molecule has 25 heavy (non-hydrogen) atoms. The summed E-state index contributed by atoms with van der Waals surface area (Å²) in [6.45, 7) is 9.50. The van der Waals surface area contributed by atoms with Gasteiger partial charge in [-0.3, -0.25) is 14.5 Å². The molecule has 0 spiro atoms. The minimum atomic E-state index is -0.0141. The van der Waals surface area contributed by atoms with Gasteiger partial charge in [-0.1, -0.05) is 0 Å². The van der Waals surface area contributed by atoms with Crippen molar-refractivity contribution < 1.29 is 9.59 Å². The summed E-state index contributed by atoms with van der Waals surface area (Å²) >= 11 is 0. The van der Waals surface area contributed by atoms with Crippen LogP contribution < -0.4 is 10.6 Å². The zero-order valence-electron chi connectivity index (χ0n) is 15.1. The Hall–Kier alpha value is -1.63. The first-order chi connectivity index (χ1) is 11.6. The number of amides is 2. The van der Waals surface area contributed by atoms with Crippen LogP contribution in [0.5, 0.6) is 0 Å². The Morgan fingerprint density at radius 3 is 2.44 bits per heavy atom. The Bertz CT molecular complexity index is 539. The fraction of sp³-hybridized carbons (Fsp3) is 0.556. The van der Waals surface area contributed by atoms with Crippen molar-refractivity contribution in [1.29, 1.82) is 0 Å². The Labute approximate surface area is 156 Å². The third-order valence-corrected chi connectivity index (χ3v) is 4.27. The largest absolute Gasteiger partial charge is 0.339 e. The quantitative estimate of drug-likeness (QED) is 0.804. The SMILES string of the molecule is CCN(CC)C(=O)c1ccc(NC(=O)CN2CCCNCC2)cc1.Cl. The van der Waals surface area contributed by atoms with Crippen LogP contribution in [0, 0.1) is 0 Å². The van der Waals surface area contributed by atoms with Crippen LogP contribution in [0.4, 0.5) is 5.69 Å². The number of anilines is 1. The fourth-order valence-electron chi connectivity index (χ4n) is 2.85. The van der Waals surface area contributed by atoms with Crippen molar-refractivity contribution in [2.24, 2.45) is 0 Å². The highest BCUT2D eigenvalue weighted by Gasteiger charge is 2.14. The lowest BCUT2D eigenvalue weighted by molar-refractivity contribution is -0.117. The number of carbonyl (C=O) groups is 2. The number of hydrogen-bond acceptors (Lipinski definition) is 4. The summed E-state index contributed by atoms with van der Waals surface area (Å²) in [6.07, 6.45) is 1.06. The van der Waals surface area contributed by atoms with Crippen LogP contribution in [0.3, 0.4) is 0 Å². The standard InChI is InChI=1S/C18H28N4O2.ClH/c1-3-22(4-2)18(24)15-6-8-16(9-7-15)20-17(23)14-21-12-5-10-19-11-13-21;/h6-9,19H,3-5,10-14H2,1-2H3,(H,20,23);1H. The van der Waals surface area contributed by atoms with Crippen molar-refractivity contribution >= 4 is 29.9 Å². The highest BCUT2D eigenvalue weighted by Crippen LogP contribution is 2.12. The number of hydrogen-bond donors (Lipinski definition) is 2. The van der Waals surface area contributed by atoms with Gasteiger partial charge in [-0.2, -0.15) is 0 Å². The normalized spacial score (nSPS) is 15.0. The third kappa shape index (κ3) is 6.65. The summed E-state index contributed by atoms with van der Waals surface area (Å²) in [5, 5.41) is 6.23. The summed E-state index contributed by atoms with van der Waals surface area (Å²) in [5.41, 5.74) is 1.37. The molecule has 0 unspecified atom stereocenters. The molecular weight excluding hydrogens is 340 g/mol. The number of halogens is 1. The maximum absolute atomic E-state index is 12.3. The molecule has 1 aliphatic heterocycles. The summed E-state index contributed by atoms with van der Waals surface area (Å²) in [6, 6.07) is 7.12. The second-order valence-electron chi connectivity index (χ2n) is 5.98. The minimum Gasteiger partial charge on any atom is -0.339 e. The van der Waals surface area contributed by atoms with E-state index in [0.717, 1.165) is 38.3 Å². The van der Waals surface area contributed by atoms with E-state index >= 15 is 0 Å². The maximum Gasteiger partial charge on any atom is 0.253 e. The van der Waals surface area contributed by atoms with E-state index in [9.17, 15) is 9.59 Å². The zero-order valence-corrected chi connectivity index (χ0v) is 15.9. The summed E-state index contributed by atoms with van der Waals surface area (Å²) < 4.78 is 0. The van der Waals surface area contributed by atoms with E-state index in [0.29, 0.717) is 25.2 Å². The van der Waals surface area contributed by atoms with E-state index in [1.807, 2.05) is 13.8 Å². The van der Waals surface area contributed by atoms with Gasteiger partial charge < -0.3 is 15.5 Å². The molecule has 0 radical (unpaired) electrons. The van der Waals surface area contributed by atoms with Gasteiger partial charge in [0.05, 0.1) is 6.54 Å². The van der Waals surface area contributed by atoms with Gasteiger partial charge in [-0.05, 0) is 57.6 Å². The molecule has 1 aromatic rings. The van der Waals surface area contributed by atoms with E-state index < -0.39 is 0 Å². The molecule has 2 rings (SSSR count). The Morgan fingerprint density at radius 2 is 1.80 bits per heavy atom. The van der Waals surface area contributed by atoms with Gasteiger partial charge in [-0.25, -0.2) is 0 Å². The molecule has 1 saturated heterocycles. The Kier molecular flexibility index (Phi) is 9.49. The first-order valence-electron chi connectivity index (χ1n) is 8.76. The van der Waals surface area contributed by atoms with E-state index in [1.165, 1.54) is 0 Å². The highest BCUT2D eigenvalue weighted by atomic mass is 35.5. The Morgan fingerprint density at radius 1 is 1.12 bits per heavy atom. The molecular formula is C18H29ClN4O2.